The van der Waals surface area contributed by atoms with Crippen LogP contribution in [0, 0.1) is 19.8 Å². The first-order valence-corrected chi connectivity index (χ1v) is 8.53. The maximum absolute atomic E-state index is 13.0. The molecule has 0 radical (unpaired) electrons. The van der Waals surface area contributed by atoms with E-state index in [1.54, 1.807) is 18.2 Å². The zero-order chi connectivity index (χ0) is 15.1. The Kier molecular flexibility index (Phi) is 4.27. The highest BCUT2D eigenvalue weighted by Gasteiger charge is 2.37. The van der Waals surface area contributed by atoms with Crippen LogP contribution in [0.3, 0.4) is 0 Å². The van der Waals surface area contributed by atoms with E-state index in [0.29, 0.717) is 29.5 Å². The molecule has 1 saturated carbocycles. The maximum Gasteiger partial charge on any atom is 0.247 e. The molecular formula is C14H24N2O3S. The molecule has 0 saturated heterocycles. The average Bonchev–Trinajstić information content (AvgIpc) is 3.10. The first-order chi connectivity index (χ1) is 9.28. The van der Waals surface area contributed by atoms with E-state index in [1.807, 2.05) is 13.8 Å². The summed E-state index contributed by atoms with van der Waals surface area (Å²) in [6.45, 7) is 8.03. The molecule has 0 bridgehead atoms. The van der Waals surface area contributed by atoms with Gasteiger partial charge in [0.25, 0.3) is 0 Å². The summed E-state index contributed by atoms with van der Waals surface area (Å²) in [5.74, 6) is 1.53. The standard InChI is InChI=1S/C14H24N2O3S/c1-9(2)16(8-12-5-6-12)20(17,18)14-11(4)19-10(3)13(14)7-15/h9,12H,5-8,15H2,1-4H3. The first-order valence-electron chi connectivity index (χ1n) is 7.09. The van der Waals surface area contributed by atoms with Crippen LogP contribution in [0.1, 0.15) is 43.8 Å². The fourth-order valence-corrected chi connectivity index (χ4v) is 4.68. The van der Waals surface area contributed by atoms with Crippen molar-refractivity contribution in [3.63, 3.8) is 0 Å². The number of hydrogen-bond acceptors (Lipinski definition) is 4. The molecule has 1 aromatic heterocycles. The number of furan rings is 1. The van der Waals surface area contributed by atoms with Gasteiger partial charge in [-0.05, 0) is 46.5 Å². The highest BCUT2D eigenvalue weighted by Crippen LogP contribution is 2.35. The van der Waals surface area contributed by atoms with E-state index in [-0.39, 0.29) is 17.5 Å². The summed E-state index contributed by atoms with van der Waals surface area (Å²) < 4.78 is 33.0. The largest absolute Gasteiger partial charge is 0.465 e. The number of nitrogens with two attached hydrogens (primary N) is 1. The number of sulfonamides is 1. The Balaban J connectivity index is 2.46. The molecule has 2 rings (SSSR count). The first kappa shape index (κ1) is 15.5. The Morgan fingerprint density at radius 3 is 2.35 bits per heavy atom. The molecule has 0 aromatic carbocycles. The highest BCUT2D eigenvalue weighted by molar-refractivity contribution is 7.89. The molecule has 1 aliphatic carbocycles. The minimum atomic E-state index is -3.55. The molecule has 1 heterocycles. The van der Waals surface area contributed by atoms with E-state index >= 15 is 0 Å². The molecule has 1 aliphatic rings. The minimum absolute atomic E-state index is 0.0687. The Labute approximate surface area is 121 Å². The normalized spacial score (nSPS) is 16.4. The second kappa shape index (κ2) is 5.50. The summed E-state index contributed by atoms with van der Waals surface area (Å²) in [6, 6.07) is -0.0687. The molecule has 0 unspecified atom stereocenters. The summed E-state index contributed by atoms with van der Waals surface area (Å²) in [5.41, 5.74) is 6.31. The topological polar surface area (TPSA) is 76.5 Å². The van der Waals surface area contributed by atoms with Crippen molar-refractivity contribution >= 4 is 10.0 Å². The summed E-state index contributed by atoms with van der Waals surface area (Å²) in [6.07, 6.45) is 2.23. The van der Waals surface area contributed by atoms with Gasteiger partial charge in [0.05, 0.1) is 0 Å². The summed E-state index contributed by atoms with van der Waals surface area (Å²) in [7, 11) is -3.55. The van der Waals surface area contributed by atoms with Crippen molar-refractivity contribution in [2.45, 2.75) is 58.0 Å². The Morgan fingerprint density at radius 2 is 1.90 bits per heavy atom. The third-order valence-electron chi connectivity index (χ3n) is 3.81. The fourth-order valence-electron chi connectivity index (χ4n) is 2.54. The summed E-state index contributed by atoms with van der Waals surface area (Å²) >= 11 is 0. The van der Waals surface area contributed by atoms with Crippen molar-refractivity contribution in [1.82, 2.24) is 4.31 Å². The van der Waals surface area contributed by atoms with Crippen molar-refractivity contribution in [1.29, 1.82) is 0 Å². The van der Waals surface area contributed by atoms with Crippen molar-refractivity contribution in [2.75, 3.05) is 6.54 Å². The molecule has 0 spiro atoms. The van der Waals surface area contributed by atoms with E-state index in [0.717, 1.165) is 12.8 Å². The Bertz CT molecular complexity index is 586. The molecule has 5 nitrogen and oxygen atoms in total. The SMILES string of the molecule is Cc1oc(C)c(S(=O)(=O)N(CC2CC2)C(C)C)c1CN. The van der Waals surface area contributed by atoms with Crippen LogP contribution >= 0.6 is 0 Å². The van der Waals surface area contributed by atoms with Gasteiger partial charge in [0, 0.05) is 24.7 Å². The van der Waals surface area contributed by atoms with Crippen molar-refractivity contribution in [3.05, 3.63) is 17.1 Å². The van der Waals surface area contributed by atoms with E-state index in [9.17, 15) is 8.42 Å². The molecule has 1 fully saturated rings. The van der Waals surface area contributed by atoms with Crippen LogP contribution in [0.2, 0.25) is 0 Å². The van der Waals surface area contributed by atoms with Crippen LogP contribution in [0.15, 0.2) is 9.31 Å². The van der Waals surface area contributed by atoms with Gasteiger partial charge < -0.3 is 10.2 Å². The average molecular weight is 300 g/mol. The van der Waals surface area contributed by atoms with Gasteiger partial charge in [-0.1, -0.05) is 0 Å². The quantitative estimate of drug-likeness (QED) is 0.873. The lowest BCUT2D eigenvalue weighted by Gasteiger charge is -2.26. The van der Waals surface area contributed by atoms with E-state index in [4.69, 9.17) is 10.2 Å². The predicted molar refractivity (Wildman–Crippen MR) is 77.8 cm³/mol. The lowest BCUT2D eigenvalue weighted by molar-refractivity contribution is 0.340. The molecule has 6 heteroatoms. The minimum Gasteiger partial charge on any atom is -0.465 e. The Hall–Kier alpha value is -0.850. The Morgan fingerprint density at radius 1 is 1.30 bits per heavy atom. The van der Waals surface area contributed by atoms with Gasteiger partial charge in [-0.2, -0.15) is 4.31 Å². The summed E-state index contributed by atoms with van der Waals surface area (Å²) in [4.78, 5) is 0.270. The third kappa shape index (κ3) is 2.77. The molecule has 20 heavy (non-hydrogen) atoms. The van der Waals surface area contributed by atoms with Gasteiger partial charge in [0.1, 0.15) is 16.4 Å². The number of rotatable bonds is 6. The highest BCUT2D eigenvalue weighted by atomic mass is 32.2. The van der Waals surface area contributed by atoms with Crippen molar-refractivity contribution in [2.24, 2.45) is 11.7 Å². The zero-order valence-electron chi connectivity index (χ0n) is 12.6. The maximum atomic E-state index is 13.0. The molecule has 0 atom stereocenters. The van der Waals surface area contributed by atoms with Crippen LogP contribution in [-0.4, -0.2) is 25.3 Å². The molecule has 0 amide bonds. The molecule has 0 aliphatic heterocycles. The predicted octanol–water partition coefficient (Wildman–Crippen LogP) is 2.16. The van der Waals surface area contributed by atoms with Crippen molar-refractivity contribution in [3.8, 4) is 0 Å². The van der Waals surface area contributed by atoms with Gasteiger partial charge in [0.15, 0.2) is 0 Å². The fraction of sp³-hybridized carbons (Fsp3) is 0.714. The molecular weight excluding hydrogens is 276 g/mol. The van der Waals surface area contributed by atoms with Crippen LogP contribution in [-0.2, 0) is 16.6 Å². The summed E-state index contributed by atoms with van der Waals surface area (Å²) in [5, 5.41) is 0. The third-order valence-corrected chi connectivity index (χ3v) is 6.04. The van der Waals surface area contributed by atoms with Crippen LogP contribution < -0.4 is 5.73 Å². The van der Waals surface area contributed by atoms with E-state index < -0.39 is 10.0 Å². The van der Waals surface area contributed by atoms with E-state index in [2.05, 4.69) is 0 Å². The monoisotopic (exact) mass is 300 g/mol. The van der Waals surface area contributed by atoms with Crippen LogP contribution in [0.4, 0.5) is 0 Å². The molecule has 1 aromatic rings. The smallest absolute Gasteiger partial charge is 0.247 e. The molecule has 114 valence electrons. The van der Waals surface area contributed by atoms with Gasteiger partial charge in [-0.15, -0.1) is 0 Å². The van der Waals surface area contributed by atoms with Gasteiger partial charge in [0.2, 0.25) is 10.0 Å². The van der Waals surface area contributed by atoms with Gasteiger partial charge >= 0.3 is 0 Å². The second-order valence-electron chi connectivity index (χ2n) is 5.84. The number of aryl methyl sites for hydroxylation is 2. The van der Waals surface area contributed by atoms with Gasteiger partial charge in [-0.25, -0.2) is 8.42 Å². The molecule has 2 N–H and O–H groups in total. The van der Waals surface area contributed by atoms with E-state index in [1.165, 1.54) is 0 Å². The lowest BCUT2D eigenvalue weighted by Crippen LogP contribution is -2.39. The van der Waals surface area contributed by atoms with Crippen molar-refractivity contribution < 1.29 is 12.8 Å². The van der Waals surface area contributed by atoms with Crippen LogP contribution in [0.5, 0.6) is 0 Å². The van der Waals surface area contributed by atoms with Gasteiger partial charge in [-0.3, -0.25) is 0 Å². The van der Waals surface area contributed by atoms with Crippen LogP contribution in [0.25, 0.3) is 0 Å². The zero-order valence-corrected chi connectivity index (χ0v) is 13.5. The lowest BCUT2D eigenvalue weighted by atomic mass is 10.2. The second-order valence-corrected chi connectivity index (χ2v) is 7.67. The number of nitrogens with zero attached hydrogens (tertiary/aromatic N) is 1. The number of hydrogen-bond donors (Lipinski definition) is 1.